The Morgan fingerprint density at radius 2 is 1.90 bits per heavy atom. The number of aliphatic hydroxyl groups excluding tert-OH is 1. The van der Waals surface area contributed by atoms with Crippen LogP contribution in [0.4, 0.5) is 0 Å². The van der Waals surface area contributed by atoms with Crippen molar-refractivity contribution in [2.75, 3.05) is 7.11 Å². The van der Waals surface area contributed by atoms with E-state index in [0.29, 0.717) is 11.3 Å². The third kappa shape index (κ3) is 3.93. The molecule has 0 saturated heterocycles. The first-order valence-corrected chi connectivity index (χ1v) is 10.8. The molecule has 0 aliphatic carbocycles. The van der Waals surface area contributed by atoms with E-state index in [-0.39, 0.29) is 18.0 Å². The van der Waals surface area contributed by atoms with E-state index in [1.165, 1.54) is 13.2 Å². The second kappa shape index (κ2) is 8.27. The van der Waals surface area contributed by atoms with E-state index in [1.54, 1.807) is 30.5 Å². The molecule has 2 N–H and O–H groups in total. The number of aliphatic hydroxyl groups is 1. The lowest BCUT2D eigenvalue weighted by Gasteiger charge is -2.13. The quantitative estimate of drug-likeness (QED) is 0.477. The van der Waals surface area contributed by atoms with Crippen molar-refractivity contribution in [1.82, 2.24) is 14.1 Å². The number of nitrogens with one attached hydrogen (secondary N) is 1. The first-order chi connectivity index (χ1) is 14.5. The lowest BCUT2D eigenvalue weighted by atomic mass is 10.0. The van der Waals surface area contributed by atoms with Gasteiger partial charge in [-0.15, -0.1) is 0 Å². The molecule has 0 spiro atoms. The molecule has 154 valence electrons. The lowest BCUT2D eigenvalue weighted by Crippen LogP contribution is -2.24. The van der Waals surface area contributed by atoms with Crippen LogP contribution in [0.5, 0.6) is 5.75 Å². The number of hydrogen-bond acceptors (Lipinski definition) is 5. The average Bonchev–Trinajstić information content (AvgIpc) is 3.20. The van der Waals surface area contributed by atoms with Gasteiger partial charge in [-0.3, -0.25) is 0 Å². The third-order valence-corrected chi connectivity index (χ3v) is 6.26. The zero-order valence-electron chi connectivity index (χ0n) is 16.3. The van der Waals surface area contributed by atoms with Gasteiger partial charge in [0.2, 0.25) is 10.0 Å². The number of imidazole rings is 1. The van der Waals surface area contributed by atoms with Gasteiger partial charge in [0.05, 0.1) is 37.0 Å². The van der Waals surface area contributed by atoms with Crippen LogP contribution in [-0.4, -0.2) is 30.0 Å². The molecule has 0 aliphatic rings. The van der Waals surface area contributed by atoms with Crippen molar-refractivity contribution in [1.29, 1.82) is 0 Å². The number of pyridine rings is 1. The van der Waals surface area contributed by atoms with Crippen LogP contribution in [0, 0.1) is 0 Å². The van der Waals surface area contributed by atoms with Gasteiger partial charge in [-0.25, -0.2) is 18.1 Å². The molecular weight excluding hydrogens is 402 g/mol. The van der Waals surface area contributed by atoms with Crippen molar-refractivity contribution in [3.8, 4) is 16.9 Å². The molecule has 7 nitrogen and oxygen atoms in total. The van der Waals surface area contributed by atoms with Gasteiger partial charge in [0.1, 0.15) is 11.4 Å². The maximum atomic E-state index is 12.9. The summed E-state index contributed by atoms with van der Waals surface area (Å²) in [5.41, 5.74) is 3.71. The van der Waals surface area contributed by atoms with Gasteiger partial charge in [0.25, 0.3) is 0 Å². The Kier molecular flexibility index (Phi) is 5.54. The Hall–Kier alpha value is -3.20. The zero-order chi connectivity index (χ0) is 21.1. The molecule has 4 rings (SSSR count). The van der Waals surface area contributed by atoms with Crippen molar-refractivity contribution >= 4 is 15.7 Å². The molecule has 0 radical (unpaired) electrons. The summed E-state index contributed by atoms with van der Waals surface area (Å²) in [5.74, 6) is 0.562. The predicted octanol–water partition coefficient (Wildman–Crippen LogP) is 2.98. The molecule has 30 heavy (non-hydrogen) atoms. The summed E-state index contributed by atoms with van der Waals surface area (Å²) in [6.07, 6.45) is 3.49. The van der Waals surface area contributed by atoms with E-state index in [2.05, 4.69) is 9.71 Å². The highest BCUT2D eigenvalue weighted by atomic mass is 32.2. The van der Waals surface area contributed by atoms with Gasteiger partial charge in [-0.2, -0.15) is 0 Å². The molecule has 0 unspecified atom stereocenters. The number of methoxy groups -OCH3 is 1. The Morgan fingerprint density at radius 3 is 2.63 bits per heavy atom. The monoisotopic (exact) mass is 423 g/mol. The van der Waals surface area contributed by atoms with Crippen LogP contribution in [-0.2, 0) is 23.2 Å². The number of fused-ring (bicyclic) bond motifs is 1. The fourth-order valence-electron chi connectivity index (χ4n) is 3.24. The third-order valence-electron chi connectivity index (χ3n) is 4.87. The molecule has 2 aromatic carbocycles. The van der Waals surface area contributed by atoms with Crippen molar-refractivity contribution in [3.63, 3.8) is 0 Å². The van der Waals surface area contributed by atoms with E-state index < -0.39 is 10.0 Å². The lowest BCUT2D eigenvalue weighted by molar-refractivity contribution is 0.282. The van der Waals surface area contributed by atoms with E-state index in [0.717, 1.165) is 22.5 Å². The summed E-state index contributed by atoms with van der Waals surface area (Å²) in [4.78, 5) is 4.41. The standard InChI is InChI=1S/C22H21N3O4S/c1-29-21-10-9-19(12-20(21)17-7-5-16(15-26)6-8-17)30(27,28)24-14-18-13-23-22-4-2-3-11-25(18)22/h2-13,24,26H,14-15H2,1H3. The van der Waals surface area contributed by atoms with Crippen LogP contribution in [0.1, 0.15) is 11.3 Å². The van der Waals surface area contributed by atoms with Crippen LogP contribution in [0.25, 0.3) is 16.8 Å². The number of ether oxygens (including phenoxy) is 1. The normalized spacial score (nSPS) is 11.7. The number of sulfonamides is 1. The molecule has 8 heteroatoms. The highest BCUT2D eigenvalue weighted by Crippen LogP contribution is 2.32. The summed E-state index contributed by atoms with van der Waals surface area (Å²) >= 11 is 0. The smallest absolute Gasteiger partial charge is 0.240 e. The SMILES string of the molecule is COc1ccc(S(=O)(=O)NCc2cnc3ccccn23)cc1-c1ccc(CO)cc1. The molecule has 0 amide bonds. The Morgan fingerprint density at radius 1 is 1.10 bits per heavy atom. The Balaban J connectivity index is 1.63. The maximum Gasteiger partial charge on any atom is 0.240 e. The molecule has 4 aromatic rings. The fourth-order valence-corrected chi connectivity index (χ4v) is 4.26. The molecule has 2 heterocycles. The number of rotatable bonds is 7. The van der Waals surface area contributed by atoms with E-state index in [1.807, 2.05) is 40.9 Å². The summed E-state index contributed by atoms with van der Waals surface area (Å²) in [6.45, 7) is 0.0547. The molecule has 0 fully saturated rings. The Labute approximate surface area is 174 Å². The van der Waals surface area contributed by atoms with E-state index in [9.17, 15) is 13.5 Å². The first-order valence-electron chi connectivity index (χ1n) is 9.30. The Bertz CT molecular complexity index is 1280. The van der Waals surface area contributed by atoms with E-state index in [4.69, 9.17) is 4.74 Å². The molecular formula is C22H21N3O4S. The van der Waals surface area contributed by atoms with Gasteiger partial charge in [-0.1, -0.05) is 30.3 Å². The van der Waals surface area contributed by atoms with E-state index >= 15 is 0 Å². The van der Waals surface area contributed by atoms with Gasteiger partial charge in [-0.05, 0) is 41.5 Å². The molecule has 0 aliphatic heterocycles. The fraction of sp³-hybridized carbons (Fsp3) is 0.136. The van der Waals surface area contributed by atoms with Gasteiger partial charge >= 0.3 is 0 Å². The van der Waals surface area contributed by atoms with Gasteiger partial charge < -0.3 is 14.2 Å². The number of nitrogens with zero attached hydrogens (tertiary/aromatic N) is 2. The molecule has 0 saturated carbocycles. The van der Waals surface area contributed by atoms with Gasteiger partial charge in [0, 0.05) is 11.8 Å². The minimum atomic E-state index is -3.76. The minimum absolute atomic E-state index is 0.0565. The topological polar surface area (TPSA) is 92.9 Å². The summed E-state index contributed by atoms with van der Waals surface area (Å²) in [7, 11) is -2.22. The van der Waals surface area contributed by atoms with Crippen molar-refractivity contribution in [3.05, 3.63) is 84.3 Å². The van der Waals surface area contributed by atoms with Crippen LogP contribution in [0.2, 0.25) is 0 Å². The second-order valence-electron chi connectivity index (χ2n) is 6.72. The largest absolute Gasteiger partial charge is 0.496 e. The first kappa shape index (κ1) is 20.1. The number of benzene rings is 2. The molecule has 0 atom stereocenters. The second-order valence-corrected chi connectivity index (χ2v) is 8.49. The summed E-state index contributed by atoms with van der Waals surface area (Å²) in [5, 5.41) is 9.24. The average molecular weight is 423 g/mol. The highest BCUT2D eigenvalue weighted by Gasteiger charge is 2.18. The van der Waals surface area contributed by atoms with Gasteiger partial charge in [0.15, 0.2) is 0 Å². The number of aromatic nitrogens is 2. The number of hydrogen-bond donors (Lipinski definition) is 2. The van der Waals surface area contributed by atoms with Crippen molar-refractivity contribution in [2.45, 2.75) is 18.0 Å². The van der Waals surface area contributed by atoms with Crippen LogP contribution >= 0.6 is 0 Å². The molecule has 0 bridgehead atoms. The zero-order valence-corrected chi connectivity index (χ0v) is 17.1. The summed E-state index contributed by atoms with van der Waals surface area (Å²) in [6, 6.07) is 17.6. The van der Waals surface area contributed by atoms with Crippen molar-refractivity contribution in [2.24, 2.45) is 0 Å². The minimum Gasteiger partial charge on any atom is -0.496 e. The maximum absolute atomic E-state index is 12.9. The van der Waals surface area contributed by atoms with Crippen LogP contribution in [0.3, 0.4) is 0 Å². The summed E-state index contributed by atoms with van der Waals surface area (Å²) < 4.78 is 35.8. The van der Waals surface area contributed by atoms with Crippen LogP contribution in [0.15, 0.2) is 78.0 Å². The predicted molar refractivity (Wildman–Crippen MR) is 114 cm³/mol. The molecule has 2 aromatic heterocycles. The highest BCUT2D eigenvalue weighted by molar-refractivity contribution is 7.89. The van der Waals surface area contributed by atoms with Crippen molar-refractivity contribution < 1.29 is 18.3 Å². The van der Waals surface area contributed by atoms with Crippen LogP contribution < -0.4 is 9.46 Å².